The Hall–Kier alpha value is -7.66. The molecule has 3 aliphatic heterocycles. The van der Waals surface area contributed by atoms with E-state index in [0.29, 0.717) is 34.5 Å². The Kier molecular flexibility index (Phi) is 10.9. The maximum absolute atomic E-state index is 15.6. The maximum atomic E-state index is 15.6. The molecule has 0 unspecified atom stereocenters. The largest absolute Gasteiger partial charge is 0.491 e. The first-order chi connectivity index (χ1) is 31.5. The molecule has 0 saturated carbocycles. The number of morpholine rings is 1. The molecule has 6 atom stereocenters. The average Bonchev–Trinajstić information content (AvgIpc) is 3.99. The van der Waals surface area contributed by atoms with Gasteiger partial charge in [0.15, 0.2) is 0 Å². The Morgan fingerprint density at radius 2 is 1.61 bits per heavy atom. The molecule has 13 nitrogen and oxygen atoms in total. The summed E-state index contributed by atoms with van der Waals surface area (Å²) in [6.07, 6.45) is 1.28. The van der Waals surface area contributed by atoms with Gasteiger partial charge >= 0.3 is 5.97 Å². The van der Waals surface area contributed by atoms with E-state index >= 15 is 14.4 Å². The van der Waals surface area contributed by atoms with Crippen LogP contribution in [-0.2, 0) is 37.5 Å². The third-order valence-electron chi connectivity index (χ3n) is 12.4. The third-order valence-corrected chi connectivity index (χ3v) is 12.4. The molecule has 0 aliphatic carbocycles. The van der Waals surface area contributed by atoms with Crippen LogP contribution in [0.25, 0.3) is 11.0 Å². The molecule has 3 aliphatic rings. The molecule has 2 fully saturated rings. The Morgan fingerprint density at radius 1 is 0.859 bits per heavy atom. The van der Waals surface area contributed by atoms with E-state index in [1.165, 1.54) is 0 Å². The number of rotatable bonds is 11. The maximum Gasteiger partial charge on any atom is 0.324 e. The minimum atomic E-state index is -1.76. The fourth-order valence-electron chi connectivity index (χ4n) is 9.86. The first-order valence-electron chi connectivity index (χ1n) is 21.3. The third kappa shape index (κ3) is 7.03. The van der Waals surface area contributed by atoms with E-state index in [9.17, 15) is 5.11 Å². The summed E-state index contributed by atoms with van der Waals surface area (Å²) in [5, 5.41) is 24.8. The van der Waals surface area contributed by atoms with Gasteiger partial charge in [0.25, 0.3) is 0 Å². The van der Waals surface area contributed by atoms with Crippen molar-refractivity contribution in [2.45, 2.75) is 42.6 Å². The van der Waals surface area contributed by atoms with Crippen LogP contribution in [0, 0.1) is 17.8 Å². The summed E-state index contributed by atoms with van der Waals surface area (Å²) < 4.78 is 14.5. The van der Waals surface area contributed by atoms with E-state index < -0.39 is 53.3 Å². The van der Waals surface area contributed by atoms with Gasteiger partial charge < -0.3 is 25.2 Å². The van der Waals surface area contributed by atoms with Crippen LogP contribution in [0.4, 0.5) is 5.69 Å². The van der Waals surface area contributed by atoms with Gasteiger partial charge in [0, 0.05) is 41.7 Å². The highest BCUT2D eigenvalue weighted by Gasteiger charge is 2.74. The second-order valence-electron chi connectivity index (χ2n) is 16.0. The predicted octanol–water partition coefficient (Wildman–Crippen LogP) is 5.88. The number of ether oxygens (including phenoxy) is 2. The monoisotopic (exact) mass is 849 g/mol. The molecule has 0 radical (unpaired) electrons. The standard InChI is InChI=1S/C51H43N7O6/c59-30-31-63-42-23-10-7-20-37(42)47-51(38-32-33(24-25-39(38)54-50(51)62)14-13-29-57-41-22-9-8-21-40(41)55-56-57)43(48(60)53-28-26-36-19-11-12-27-52-36)45-49(61)64-46(35-17-5-2-6-18-35)44(58(45)47)34-15-3-1-4-16-34/h1-12,15-25,27,32,43-47,59H,26,28-31H2,(H,53,60)(H,54,62)/t43-,44-,45-,46+,47+,51-/m1/s1. The summed E-state index contributed by atoms with van der Waals surface area (Å²) in [5.41, 5.74) is 4.33. The highest BCUT2D eigenvalue weighted by atomic mass is 16.6. The van der Waals surface area contributed by atoms with E-state index in [2.05, 4.69) is 37.8 Å². The highest BCUT2D eigenvalue weighted by Crippen LogP contribution is 2.65. The molecule has 0 bridgehead atoms. The summed E-state index contributed by atoms with van der Waals surface area (Å²) in [7, 11) is 0. The van der Waals surface area contributed by atoms with Gasteiger partial charge in [0.05, 0.1) is 30.1 Å². The zero-order valence-corrected chi connectivity index (χ0v) is 34.6. The minimum absolute atomic E-state index is 0.0298. The average molecular weight is 850 g/mol. The topological polar surface area (TPSA) is 161 Å². The number of carbonyl (C=O) groups is 3. The number of carbonyl (C=O) groups excluding carboxylic acids is 3. The molecular formula is C51H43N7O6. The van der Waals surface area contributed by atoms with E-state index in [-0.39, 0.29) is 26.3 Å². The van der Waals surface area contributed by atoms with Crippen molar-refractivity contribution in [2.24, 2.45) is 5.92 Å². The van der Waals surface area contributed by atoms with Gasteiger partial charge in [-0.2, -0.15) is 0 Å². The zero-order chi connectivity index (χ0) is 43.6. The summed E-state index contributed by atoms with van der Waals surface area (Å²) in [4.78, 5) is 52.7. The summed E-state index contributed by atoms with van der Waals surface area (Å²) >= 11 is 0. The lowest BCUT2D eigenvalue weighted by Gasteiger charge is -2.46. The fraction of sp³-hybridized carbons (Fsp3) is 0.216. The molecular weight excluding hydrogens is 807 g/mol. The van der Waals surface area contributed by atoms with Crippen LogP contribution >= 0.6 is 0 Å². The molecule has 1 spiro atoms. The molecule has 10 rings (SSSR count). The number of fused-ring (bicyclic) bond motifs is 4. The van der Waals surface area contributed by atoms with Crippen LogP contribution in [0.5, 0.6) is 5.75 Å². The molecule has 2 amide bonds. The number of para-hydroxylation sites is 2. The number of cyclic esters (lactones) is 1. The summed E-state index contributed by atoms with van der Waals surface area (Å²) in [5.74, 6) is 3.99. The van der Waals surface area contributed by atoms with Crippen LogP contribution in [0.1, 0.15) is 51.7 Å². The quantitative estimate of drug-likeness (QED) is 0.106. The fourth-order valence-corrected chi connectivity index (χ4v) is 9.86. The number of hydrogen-bond donors (Lipinski definition) is 3. The Balaban J connectivity index is 1.19. The Bertz CT molecular complexity index is 2920. The van der Waals surface area contributed by atoms with Gasteiger partial charge in [-0.05, 0) is 65.2 Å². The van der Waals surface area contributed by atoms with Crippen LogP contribution < -0.4 is 15.4 Å². The normalized spacial score (nSPS) is 22.2. The second kappa shape index (κ2) is 17.2. The smallest absolute Gasteiger partial charge is 0.324 e. The van der Waals surface area contributed by atoms with Crippen molar-refractivity contribution in [3.8, 4) is 17.6 Å². The number of aromatic nitrogens is 4. The lowest BCUT2D eigenvalue weighted by atomic mass is 9.65. The molecule has 13 heteroatoms. The number of esters is 1. The van der Waals surface area contributed by atoms with Crippen LogP contribution in [-0.4, -0.2) is 73.6 Å². The van der Waals surface area contributed by atoms with Crippen molar-refractivity contribution in [1.82, 2.24) is 30.2 Å². The van der Waals surface area contributed by atoms with Crippen LogP contribution in [0.3, 0.4) is 0 Å². The van der Waals surface area contributed by atoms with Crippen molar-refractivity contribution in [2.75, 3.05) is 25.1 Å². The lowest BCUT2D eigenvalue weighted by Crippen LogP contribution is -2.55. The molecule has 5 heterocycles. The Labute approximate surface area is 369 Å². The van der Waals surface area contributed by atoms with Crippen LogP contribution in [0.2, 0.25) is 0 Å². The van der Waals surface area contributed by atoms with Crippen molar-refractivity contribution in [3.05, 3.63) is 185 Å². The van der Waals surface area contributed by atoms with E-state index in [1.807, 2.05) is 138 Å². The van der Waals surface area contributed by atoms with E-state index in [0.717, 1.165) is 27.9 Å². The first-order valence-corrected chi connectivity index (χ1v) is 21.3. The number of amides is 2. The van der Waals surface area contributed by atoms with Gasteiger partial charge in [0.2, 0.25) is 11.8 Å². The molecule has 3 N–H and O–H groups in total. The van der Waals surface area contributed by atoms with Crippen molar-refractivity contribution >= 4 is 34.5 Å². The molecule has 2 saturated heterocycles. The summed E-state index contributed by atoms with van der Waals surface area (Å²) in [6, 6.07) is 42.3. The Morgan fingerprint density at radius 3 is 2.41 bits per heavy atom. The minimum Gasteiger partial charge on any atom is -0.491 e. The van der Waals surface area contributed by atoms with Crippen LogP contribution in [0.15, 0.2) is 152 Å². The van der Waals surface area contributed by atoms with E-state index in [4.69, 9.17) is 9.47 Å². The SMILES string of the molecule is O=C1O[C@@H](c2ccccc2)[C@@H](c2ccccc2)N2[C@@H](c3ccccc3OCCO)[C@]3(C(=O)Nc4ccc(C#CCn5nnc6ccccc65)cc43)[C@@H](C(=O)NCCc3ccccn3)[C@H]12. The van der Waals surface area contributed by atoms with Crippen molar-refractivity contribution < 1.29 is 29.0 Å². The predicted molar refractivity (Wildman–Crippen MR) is 237 cm³/mol. The number of aliphatic hydroxyl groups excluding tert-OH is 1. The van der Waals surface area contributed by atoms with E-state index in [1.54, 1.807) is 23.0 Å². The van der Waals surface area contributed by atoms with Crippen molar-refractivity contribution in [3.63, 3.8) is 0 Å². The number of nitrogens with zero attached hydrogens (tertiary/aromatic N) is 5. The lowest BCUT2D eigenvalue weighted by molar-refractivity contribution is -0.178. The molecule has 318 valence electrons. The molecule has 5 aromatic carbocycles. The molecule has 2 aromatic heterocycles. The first kappa shape index (κ1) is 40.4. The van der Waals surface area contributed by atoms with Gasteiger partial charge in [-0.3, -0.25) is 24.3 Å². The summed E-state index contributed by atoms with van der Waals surface area (Å²) in [6.45, 7) is 0.151. The van der Waals surface area contributed by atoms with Gasteiger partial charge in [0.1, 0.15) is 42.0 Å². The number of nitrogens with one attached hydrogen (secondary N) is 2. The number of hydrogen-bond acceptors (Lipinski definition) is 10. The number of aliphatic hydroxyl groups is 1. The van der Waals surface area contributed by atoms with Gasteiger partial charge in [-0.1, -0.05) is 114 Å². The van der Waals surface area contributed by atoms with Gasteiger partial charge in [-0.15, -0.1) is 5.10 Å². The van der Waals surface area contributed by atoms with Crippen molar-refractivity contribution in [1.29, 1.82) is 0 Å². The zero-order valence-electron chi connectivity index (χ0n) is 34.6. The number of anilines is 1. The highest BCUT2D eigenvalue weighted by molar-refractivity contribution is 6.12. The molecule has 64 heavy (non-hydrogen) atoms. The number of pyridine rings is 1. The molecule has 7 aromatic rings. The number of benzene rings is 5. The van der Waals surface area contributed by atoms with Gasteiger partial charge in [-0.25, -0.2) is 4.68 Å². The second-order valence-corrected chi connectivity index (χ2v) is 16.0.